The normalized spacial score (nSPS) is 12.3. The molecule has 0 aliphatic rings. The van der Waals surface area contributed by atoms with Crippen LogP contribution < -0.4 is 19.5 Å². The SMILES string of the molecule is C#CCOc1cc(C(=O)NCCOP(=O)(O)OCC(COC(=O)CCCCCCCCCCCCCCC)OC(=O)CCCCCCCC=CCCCCCCCC)cc(OCC#C)c1OCC#C. The van der Waals surface area contributed by atoms with E-state index < -0.39 is 45.0 Å². The minimum absolute atomic E-state index is 0.0700. The monoisotopic (exact) mass is 984 g/mol. The first-order valence-electron chi connectivity index (χ1n) is 25.9. The van der Waals surface area contributed by atoms with Crippen LogP contribution in [0.5, 0.6) is 17.2 Å². The van der Waals surface area contributed by atoms with Crippen LogP contribution in [0.4, 0.5) is 0 Å². The Kier molecular flexibility index (Phi) is 39.5. The number of amides is 1. The molecule has 0 aliphatic heterocycles. The fourth-order valence-electron chi connectivity index (χ4n) is 7.31. The number of carbonyl (C=O) groups excluding carboxylic acids is 3. The molecule has 1 aromatic carbocycles. The van der Waals surface area contributed by atoms with Crippen LogP contribution in [0, 0.1) is 37.0 Å². The van der Waals surface area contributed by atoms with Crippen LogP contribution in [-0.4, -0.2) is 75.0 Å². The third-order valence-corrected chi connectivity index (χ3v) is 12.1. The maximum Gasteiger partial charge on any atom is 0.472 e. The molecule has 14 heteroatoms. The molecule has 13 nitrogen and oxygen atoms in total. The first kappa shape index (κ1) is 62.6. The van der Waals surface area contributed by atoms with Crippen LogP contribution in [0.15, 0.2) is 24.3 Å². The number of terminal acetylenes is 3. The zero-order valence-corrected chi connectivity index (χ0v) is 43.1. The molecule has 0 aliphatic carbocycles. The van der Waals surface area contributed by atoms with Crippen molar-refractivity contribution in [3.8, 4) is 54.3 Å². The van der Waals surface area contributed by atoms with E-state index in [1.165, 1.54) is 108 Å². The number of hydrogen-bond donors (Lipinski definition) is 2. The van der Waals surface area contributed by atoms with Gasteiger partial charge in [-0.25, -0.2) is 4.57 Å². The third kappa shape index (κ3) is 35.3. The highest BCUT2D eigenvalue weighted by atomic mass is 31.2. The van der Waals surface area contributed by atoms with Gasteiger partial charge in [0.05, 0.1) is 13.2 Å². The Morgan fingerprint density at radius 1 is 0.609 bits per heavy atom. The van der Waals surface area contributed by atoms with Gasteiger partial charge in [0.15, 0.2) is 17.6 Å². The molecule has 2 N–H and O–H groups in total. The topological polar surface area (TPSA) is 165 Å². The van der Waals surface area contributed by atoms with Gasteiger partial charge in [-0.1, -0.05) is 172 Å². The Labute approximate surface area is 416 Å². The van der Waals surface area contributed by atoms with Crippen LogP contribution in [0.25, 0.3) is 0 Å². The Bertz CT molecular complexity index is 1690. The number of phosphoric ester groups is 1. The van der Waals surface area contributed by atoms with Crippen LogP contribution in [0.1, 0.15) is 204 Å². The largest absolute Gasteiger partial charge is 0.477 e. The summed E-state index contributed by atoms with van der Waals surface area (Å²) in [4.78, 5) is 49.2. The standard InChI is InChI=1S/C55H86NO12P/c1-6-11-13-15-17-19-21-23-24-26-28-30-32-34-36-38-53(58)68-49(46-65-52(57)37-35-33-31-29-27-25-22-20-18-16-14-12-7-2)47-67-69(60,61)66-43-39-56-55(59)48-44-50(62-40-8-3)54(64-42-10-5)51(45-48)63-41-9-4/h3-5,23-24,44-45,49H,6-7,11-22,25-43,46-47H2,1-2H3,(H,56,59)(H,60,61). The van der Waals surface area contributed by atoms with Crippen molar-refractivity contribution in [2.24, 2.45) is 0 Å². The number of allylic oxidation sites excluding steroid dienone is 2. The van der Waals surface area contributed by atoms with E-state index in [1.807, 2.05) is 0 Å². The molecule has 0 saturated carbocycles. The van der Waals surface area contributed by atoms with Gasteiger partial charge < -0.3 is 33.9 Å². The predicted octanol–water partition coefficient (Wildman–Crippen LogP) is 12.6. The molecular weight excluding hydrogens is 898 g/mol. The van der Waals surface area contributed by atoms with E-state index >= 15 is 0 Å². The Hall–Kier alpha value is -4.44. The Morgan fingerprint density at radius 2 is 1.04 bits per heavy atom. The van der Waals surface area contributed by atoms with Gasteiger partial charge in [0.1, 0.15) is 26.4 Å². The van der Waals surface area contributed by atoms with Gasteiger partial charge in [-0.3, -0.25) is 23.4 Å². The second-order valence-corrected chi connectivity index (χ2v) is 18.7. The van der Waals surface area contributed by atoms with Crippen LogP contribution >= 0.6 is 7.82 Å². The van der Waals surface area contributed by atoms with E-state index in [1.54, 1.807) is 0 Å². The highest BCUT2D eigenvalue weighted by Gasteiger charge is 2.26. The highest BCUT2D eigenvalue weighted by molar-refractivity contribution is 7.47. The van der Waals surface area contributed by atoms with E-state index in [2.05, 4.69) is 49.1 Å². The van der Waals surface area contributed by atoms with Crippen molar-refractivity contribution in [3.05, 3.63) is 29.8 Å². The van der Waals surface area contributed by atoms with Crippen molar-refractivity contribution in [1.29, 1.82) is 0 Å². The van der Waals surface area contributed by atoms with Crippen molar-refractivity contribution >= 4 is 25.7 Å². The number of benzene rings is 1. The molecule has 1 rings (SSSR count). The molecule has 0 saturated heterocycles. The van der Waals surface area contributed by atoms with Crippen LogP contribution in [0.2, 0.25) is 0 Å². The lowest BCUT2D eigenvalue weighted by atomic mass is 10.0. The number of rotatable bonds is 46. The molecule has 0 heterocycles. The fourth-order valence-corrected chi connectivity index (χ4v) is 8.06. The number of phosphoric acid groups is 1. The maximum absolute atomic E-state index is 13.1. The van der Waals surface area contributed by atoms with Gasteiger partial charge >= 0.3 is 19.8 Å². The molecule has 1 amide bonds. The summed E-state index contributed by atoms with van der Waals surface area (Å²) in [5.41, 5.74) is 0.0700. The average Bonchev–Trinajstić information content (AvgIpc) is 3.34. The summed E-state index contributed by atoms with van der Waals surface area (Å²) in [5, 5.41) is 2.58. The van der Waals surface area contributed by atoms with Crippen molar-refractivity contribution in [2.45, 2.75) is 200 Å². The van der Waals surface area contributed by atoms with Crippen LogP contribution in [-0.2, 0) is 32.7 Å². The van der Waals surface area contributed by atoms with Crippen molar-refractivity contribution < 1.29 is 56.6 Å². The number of hydrogen-bond acceptors (Lipinski definition) is 11. The molecule has 0 aromatic heterocycles. The summed E-state index contributed by atoms with van der Waals surface area (Å²) >= 11 is 0. The smallest absolute Gasteiger partial charge is 0.472 e. The van der Waals surface area contributed by atoms with E-state index in [0.29, 0.717) is 12.8 Å². The van der Waals surface area contributed by atoms with Gasteiger partial charge in [-0.05, 0) is 50.7 Å². The molecule has 388 valence electrons. The summed E-state index contributed by atoms with van der Waals surface area (Å²) in [5.74, 6) is 5.69. The zero-order valence-electron chi connectivity index (χ0n) is 42.3. The minimum Gasteiger partial charge on any atom is -0.477 e. The molecule has 2 atom stereocenters. The Balaban J connectivity index is 2.66. The molecule has 0 bridgehead atoms. The first-order valence-corrected chi connectivity index (χ1v) is 27.4. The summed E-state index contributed by atoms with van der Waals surface area (Å²) in [7, 11) is -4.72. The third-order valence-electron chi connectivity index (χ3n) is 11.1. The van der Waals surface area contributed by atoms with E-state index in [0.717, 1.165) is 57.8 Å². The molecular formula is C55H86NO12P. The van der Waals surface area contributed by atoms with E-state index in [4.69, 9.17) is 52.0 Å². The van der Waals surface area contributed by atoms with E-state index in [9.17, 15) is 23.8 Å². The van der Waals surface area contributed by atoms with E-state index in [-0.39, 0.29) is 68.6 Å². The minimum atomic E-state index is -4.72. The number of esters is 2. The average molecular weight is 984 g/mol. The van der Waals surface area contributed by atoms with Crippen molar-refractivity contribution in [2.75, 3.05) is 46.2 Å². The second kappa shape index (κ2) is 43.6. The molecule has 1 aromatic rings. The first-order chi connectivity index (χ1) is 33.6. The van der Waals surface area contributed by atoms with Crippen molar-refractivity contribution in [1.82, 2.24) is 5.32 Å². The van der Waals surface area contributed by atoms with Crippen LogP contribution in [0.3, 0.4) is 0 Å². The number of carbonyl (C=O) groups is 3. The summed E-state index contributed by atoms with van der Waals surface area (Å²) < 4.78 is 50.9. The lowest BCUT2D eigenvalue weighted by Gasteiger charge is -2.20. The van der Waals surface area contributed by atoms with Gasteiger partial charge in [0, 0.05) is 24.9 Å². The van der Waals surface area contributed by atoms with Gasteiger partial charge in [0.25, 0.3) is 5.91 Å². The quantitative estimate of drug-likeness (QED) is 0.0209. The fraction of sp³-hybridized carbons (Fsp3) is 0.691. The zero-order chi connectivity index (χ0) is 50.5. The number of nitrogens with one attached hydrogen (secondary N) is 1. The highest BCUT2D eigenvalue weighted by Crippen LogP contribution is 2.43. The molecule has 69 heavy (non-hydrogen) atoms. The summed E-state index contributed by atoms with van der Waals surface area (Å²) in [6.07, 6.45) is 49.9. The maximum atomic E-state index is 13.1. The van der Waals surface area contributed by atoms with Crippen molar-refractivity contribution in [3.63, 3.8) is 0 Å². The molecule has 0 fully saturated rings. The number of ether oxygens (including phenoxy) is 5. The lowest BCUT2D eigenvalue weighted by Crippen LogP contribution is -2.30. The predicted molar refractivity (Wildman–Crippen MR) is 274 cm³/mol. The van der Waals surface area contributed by atoms with Gasteiger partial charge in [0.2, 0.25) is 5.75 Å². The molecule has 0 radical (unpaired) electrons. The molecule has 2 unspecified atom stereocenters. The Morgan fingerprint density at radius 3 is 1.52 bits per heavy atom. The van der Waals surface area contributed by atoms with Gasteiger partial charge in [-0.2, -0.15) is 0 Å². The molecule has 0 spiro atoms. The van der Waals surface area contributed by atoms with Gasteiger partial charge in [-0.15, -0.1) is 19.3 Å². The summed E-state index contributed by atoms with van der Waals surface area (Å²) in [6, 6.07) is 2.74. The number of unbranched alkanes of at least 4 members (excludes halogenated alkanes) is 23. The lowest BCUT2D eigenvalue weighted by molar-refractivity contribution is -0.161. The second-order valence-electron chi connectivity index (χ2n) is 17.3. The summed E-state index contributed by atoms with van der Waals surface area (Å²) in [6.45, 7) is 2.48.